The first kappa shape index (κ1) is 16.8. The lowest BCUT2D eigenvalue weighted by Crippen LogP contribution is -2.19. The number of imidazole rings is 1. The molecule has 1 amide bonds. The van der Waals surface area contributed by atoms with Crippen molar-refractivity contribution >= 4 is 22.6 Å². The molecular formula is C21H18N4O2. The summed E-state index contributed by atoms with van der Waals surface area (Å²) >= 11 is 0. The minimum absolute atomic E-state index is 0.116. The van der Waals surface area contributed by atoms with Gasteiger partial charge in [0, 0.05) is 6.20 Å². The zero-order valence-electron chi connectivity index (χ0n) is 14.8. The number of nitrogens with one attached hydrogen (secondary N) is 1. The summed E-state index contributed by atoms with van der Waals surface area (Å²) in [4.78, 5) is 21.8. The maximum absolute atomic E-state index is 12.7. The van der Waals surface area contributed by atoms with Crippen molar-refractivity contribution in [3.63, 3.8) is 0 Å². The minimum Gasteiger partial charge on any atom is -0.495 e. The third-order valence-corrected chi connectivity index (χ3v) is 4.23. The summed E-state index contributed by atoms with van der Waals surface area (Å²) < 4.78 is 7.18. The van der Waals surface area contributed by atoms with Crippen LogP contribution in [-0.4, -0.2) is 27.6 Å². The number of rotatable bonds is 5. The number of aromatic nitrogens is 3. The highest BCUT2D eigenvalue weighted by Gasteiger charge is 2.16. The van der Waals surface area contributed by atoms with Crippen molar-refractivity contribution in [3.8, 4) is 17.3 Å². The summed E-state index contributed by atoms with van der Waals surface area (Å²) in [6.45, 7) is 0.116. The van der Waals surface area contributed by atoms with E-state index in [-0.39, 0.29) is 12.5 Å². The first-order valence-electron chi connectivity index (χ1n) is 8.56. The molecule has 0 aliphatic rings. The lowest BCUT2D eigenvalue weighted by Gasteiger charge is -2.12. The van der Waals surface area contributed by atoms with Gasteiger partial charge in [0.1, 0.15) is 18.0 Å². The first-order chi connectivity index (χ1) is 13.3. The summed E-state index contributed by atoms with van der Waals surface area (Å²) in [5, 5.41) is 2.91. The molecule has 134 valence electrons. The number of methoxy groups -OCH3 is 1. The number of pyridine rings is 1. The van der Waals surface area contributed by atoms with E-state index >= 15 is 0 Å². The number of benzene rings is 2. The third kappa shape index (κ3) is 3.37. The number of amides is 1. The van der Waals surface area contributed by atoms with Crippen LogP contribution in [0.3, 0.4) is 0 Å². The predicted octanol–water partition coefficient (Wildman–Crippen LogP) is 3.75. The van der Waals surface area contributed by atoms with Crippen LogP contribution in [0.2, 0.25) is 0 Å². The molecule has 0 aliphatic heterocycles. The summed E-state index contributed by atoms with van der Waals surface area (Å²) in [5.74, 6) is 1.11. The number of para-hydroxylation sites is 4. The molecule has 0 saturated carbocycles. The Kier molecular flexibility index (Phi) is 4.53. The minimum atomic E-state index is -0.167. The number of hydrogen-bond acceptors (Lipinski definition) is 4. The normalized spacial score (nSPS) is 10.7. The van der Waals surface area contributed by atoms with Gasteiger partial charge >= 0.3 is 0 Å². The van der Waals surface area contributed by atoms with E-state index in [1.165, 1.54) is 0 Å². The fourth-order valence-electron chi connectivity index (χ4n) is 3.01. The Bertz CT molecular complexity index is 1090. The van der Waals surface area contributed by atoms with Gasteiger partial charge in [-0.3, -0.25) is 9.78 Å². The fourth-order valence-corrected chi connectivity index (χ4v) is 3.01. The van der Waals surface area contributed by atoms with Gasteiger partial charge in [0.05, 0.1) is 23.8 Å². The SMILES string of the molecule is COc1ccccc1NC(=O)Cn1c(-c2ccccn2)nc2ccccc21. The number of nitrogens with zero attached hydrogens (tertiary/aromatic N) is 3. The van der Waals surface area contributed by atoms with Gasteiger partial charge in [-0.25, -0.2) is 4.98 Å². The van der Waals surface area contributed by atoms with Crippen molar-refractivity contribution in [1.29, 1.82) is 0 Å². The van der Waals surface area contributed by atoms with Crippen molar-refractivity contribution in [2.45, 2.75) is 6.54 Å². The molecule has 27 heavy (non-hydrogen) atoms. The topological polar surface area (TPSA) is 69.0 Å². The van der Waals surface area contributed by atoms with Gasteiger partial charge in [0.15, 0.2) is 5.82 Å². The Morgan fingerprint density at radius 3 is 2.63 bits per heavy atom. The highest BCUT2D eigenvalue weighted by Crippen LogP contribution is 2.25. The fraction of sp³-hybridized carbons (Fsp3) is 0.0952. The Morgan fingerprint density at radius 1 is 1.04 bits per heavy atom. The van der Waals surface area contributed by atoms with Crippen LogP contribution in [0, 0.1) is 0 Å². The largest absolute Gasteiger partial charge is 0.495 e. The van der Waals surface area contributed by atoms with Gasteiger partial charge in [-0.05, 0) is 36.4 Å². The highest BCUT2D eigenvalue weighted by molar-refractivity contribution is 5.93. The number of ether oxygens (including phenoxy) is 1. The van der Waals surface area contributed by atoms with Crippen molar-refractivity contribution in [3.05, 3.63) is 72.9 Å². The van der Waals surface area contributed by atoms with E-state index in [0.717, 1.165) is 16.7 Å². The smallest absolute Gasteiger partial charge is 0.244 e. The quantitative estimate of drug-likeness (QED) is 0.590. The van der Waals surface area contributed by atoms with E-state index in [2.05, 4.69) is 15.3 Å². The van der Waals surface area contributed by atoms with Crippen molar-refractivity contribution in [2.75, 3.05) is 12.4 Å². The van der Waals surface area contributed by atoms with E-state index in [0.29, 0.717) is 17.3 Å². The van der Waals surface area contributed by atoms with Crippen LogP contribution < -0.4 is 10.1 Å². The van der Waals surface area contributed by atoms with Crippen LogP contribution in [0.1, 0.15) is 0 Å². The molecule has 6 heteroatoms. The van der Waals surface area contributed by atoms with Gasteiger partial charge in [0.25, 0.3) is 0 Å². The summed E-state index contributed by atoms with van der Waals surface area (Å²) in [7, 11) is 1.58. The lowest BCUT2D eigenvalue weighted by molar-refractivity contribution is -0.116. The molecule has 2 heterocycles. The molecule has 0 radical (unpaired) electrons. The Balaban J connectivity index is 1.70. The van der Waals surface area contributed by atoms with Gasteiger partial charge in [0.2, 0.25) is 5.91 Å². The number of hydrogen-bond donors (Lipinski definition) is 1. The van der Waals surface area contributed by atoms with Crippen molar-refractivity contribution in [2.24, 2.45) is 0 Å². The standard InChI is InChI=1S/C21H18N4O2/c1-27-19-12-5-3-9-16(19)23-20(26)14-25-18-11-4-2-8-15(18)24-21(25)17-10-6-7-13-22-17/h2-13H,14H2,1H3,(H,23,26). The number of anilines is 1. The van der Waals surface area contributed by atoms with Crippen molar-refractivity contribution in [1.82, 2.24) is 14.5 Å². The molecule has 4 aromatic rings. The van der Waals surface area contributed by atoms with Crippen LogP contribution >= 0.6 is 0 Å². The molecule has 2 aromatic heterocycles. The van der Waals surface area contributed by atoms with E-state index in [1.807, 2.05) is 71.3 Å². The van der Waals surface area contributed by atoms with Crippen molar-refractivity contribution < 1.29 is 9.53 Å². The zero-order valence-corrected chi connectivity index (χ0v) is 14.8. The second kappa shape index (κ2) is 7.29. The maximum atomic E-state index is 12.7. The molecule has 0 spiro atoms. The average Bonchev–Trinajstić information content (AvgIpc) is 3.07. The second-order valence-corrected chi connectivity index (χ2v) is 5.97. The molecule has 0 atom stereocenters. The molecule has 0 bridgehead atoms. The second-order valence-electron chi connectivity index (χ2n) is 5.97. The van der Waals surface area contributed by atoms with Crippen LogP contribution in [0.4, 0.5) is 5.69 Å². The Morgan fingerprint density at radius 2 is 1.81 bits per heavy atom. The van der Waals surface area contributed by atoms with Gasteiger partial charge in [-0.15, -0.1) is 0 Å². The van der Waals surface area contributed by atoms with Gasteiger partial charge < -0.3 is 14.6 Å². The molecule has 0 unspecified atom stereocenters. The number of fused-ring (bicyclic) bond motifs is 1. The van der Waals surface area contributed by atoms with Crippen LogP contribution in [0.25, 0.3) is 22.6 Å². The van der Waals surface area contributed by atoms with Gasteiger partial charge in [-0.1, -0.05) is 30.3 Å². The van der Waals surface area contributed by atoms with Gasteiger partial charge in [-0.2, -0.15) is 0 Å². The number of carbonyl (C=O) groups excluding carboxylic acids is 1. The Hall–Kier alpha value is -3.67. The third-order valence-electron chi connectivity index (χ3n) is 4.23. The molecule has 0 saturated heterocycles. The molecule has 6 nitrogen and oxygen atoms in total. The van der Waals surface area contributed by atoms with E-state index in [4.69, 9.17) is 4.74 Å². The molecule has 0 fully saturated rings. The lowest BCUT2D eigenvalue weighted by atomic mass is 10.3. The van der Waals surface area contributed by atoms with Crippen LogP contribution in [0.5, 0.6) is 5.75 Å². The average molecular weight is 358 g/mol. The molecule has 0 aliphatic carbocycles. The molecule has 1 N–H and O–H groups in total. The highest BCUT2D eigenvalue weighted by atomic mass is 16.5. The Labute approximate surface area is 156 Å². The summed E-state index contributed by atoms with van der Waals surface area (Å²) in [5.41, 5.74) is 3.06. The van der Waals surface area contributed by atoms with E-state index in [9.17, 15) is 4.79 Å². The van der Waals surface area contributed by atoms with Crippen LogP contribution in [0.15, 0.2) is 72.9 Å². The maximum Gasteiger partial charge on any atom is 0.244 e. The summed E-state index contributed by atoms with van der Waals surface area (Å²) in [6, 6.07) is 20.7. The zero-order chi connectivity index (χ0) is 18.6. The molecule has 2 aromatic carbocycles. The molecule has 4 rings (SSSR count). The first-order valence-corrected chi connectivity index (χ1v) is 8.56. The molecular weight excluding hydrogens is 340 g/mol. The number of carbonyl (C=O) groups is 1. The summed E-state index contributed by atoms with van der Waals surface area (Å²) in [6.07, 6.45) is 1.72. The van der Waals surface area contributed by atoms with Crippen LogP contribution in [-0.2, 0) is 11.3 Å². The van der Waals surface area contributed by atoms with E-state index in [1.54, 1.807) is 13.3 Å². The monoisotopic (exact) mass is 358 g/mol. The van der Waals surface area contributed by atoms with E-state index < -0.39 is 0 Å². The predicted molar refractivity (Wildman–Crippen MR) is 105 cm³/mol.